The Labute approximate surface area is 134 Å². The number of anilines is 2. The Hall–Kier alpha value is -2.95. The van der Waals surface area contributed by atoms with Crippen LogP contribution in [0.3, 0.4) is 0 Å². The molecule has 0 aliphatic rings. The summed E-state index contributed by atoms with van der Waals surface area (Å²) in [4.78, 5) is 21.1. The highest BCUT2D eigenvalue weighted by atomic mass is 16.5. The highest BCUT2D eigenvalue weighted by molar-refractivity contribution is 6.06. The molecular formula is C18H17N3O2. The number of nitrogens with zero attached hydrogens (tertiary/aromatic N) is 2. The zero-order valence-electron chi connectivity index (χ0n) is 13.0. The minimum Gasteiger partial charge on any atom is -0.462 e. The summed E-state index contributed by atoms with van der Waals surface area (Å²) in [6.07, 6.45) is 1.69. The number of carbonyl (C=O) groups is 1. The summed E-state index contributed by atoms with van der Waals surface area (Å²) < 4.78 is 5.20. The highest BCUT2D eigenvalue weighted by Gasteiger charge is 2.20. The Morgan fingerprint density at radius 2 is 1.96 bits per heavy atom. The molecule has 0 saturated heterocycles. The lowest BCUT2D eigenvalue weighted by Crippen LogP contribution is -2.12. The monoisotopic (exact) mass is 307 g/mol. The molecule has 0 saturated carbocycles. The molecule has 2 heterocycles. The third-order valence-corrected chi connectivity index (χ3v) is 3.46. The average molecular weight is 307 g/mol. The SMILES string of the molecule is CCOC(=O)c1c(C)nc2ncccc2c1Nc1ccccc1. The van der Waals surface area contributed by atoms with Crippen molar-refractivity contribution in [3.05, 3.63) is 59.9 Å². The molecule has 0 aliphatic heterocycles. The first-order valence-corrected chi connectivity index (χ1v) is 7.45. The van der Waals surface area contributed by atoms with Crippen LogP contribution >= 0.6 is 0 Å². The van der Waals surface area contributed by atoms with Crippen LogP contribution in [0, 0.1) is 6.92 Å². The van der Waals surface area contributed by atoms with E-state index in [4.69, 9.17) is 4.74 Å². The van der Waals surface area contributed by atoms with Crippen LogP contribution < -0.4 is 5.32 Å². The normalized spacial score (nSPS) is 10.5. The fraction of sp³-hybridized carbons (Fsp3) is 0.167. The second-order valence-electron chi connectivity index (χ2n) is 5.03. The van der Waals surface area contributed by atoms with Crippen molar-refractivity contribution < 1.29 is 9.53 Å². The second-order valence-corrected chi connectivity index (χ2v) is 5.03. The van der Waals surface area contributed by atoms with Gasteiger partial charge in [-0.3, -0.25) is 0 Å². The van der Waals surface area contributed by atoms with Gasteiger partial charge in [0, 0.05) is 17.3 Å². The molecule has 3 aromatic rings. The lowest BCUT2D eigenvalue weighted by atomic mass is 10.1. The first-order valence-electron chi connectivity index (χ1n) is 7.45. The van der Waals surface area contributed by atoms with Gasteiger partial charge in [-0.05, 0) is 38.1 Å². The van der Waals surface area contributed by atoms with Crippen LogP contribution in [0.15, 0.2) is 48.7 Å². The molecule has 0 unspecified atom stereocenters. The zero-order chi connectivity index (χ0) is 16.2. The minimum absolute atomic E-state index is 0.314. The van der Waals surface area contributed by atoms with Gasteiger partial charge in [-0.1, -0.05) is 18.2 Å². The predicted molar refractivity (Wildman–Crippen MR) is 90.0 cm³/mol. The number of carbonyl (C=O) groups excluding carboxylic acids is 1. The van der Waals surface area contributed by atoms with E-state index in [2.05, 4.69) is 15.3 Å². The van der Waals surface area contributed by atoms with Crippen molar-refractivity contribution in [1.29, 1.82) is 0 Å². The van der Waals surface area contributed by atoms with Crippen molar-refractivity contribution in [2.75, 3.05) is 11.9 Å². The number of esters is 1. The lowest BCUT2D eigenvalue weighted by molar-refractivity contribution is 0.0526. The van der Waals surface area contributed by atoms with E-state index in [1.165, 1.54) is 0 Å². The first-order chi connectivity index (χ1) is 11.2. The molecule has 0 fully saturated rings. The summed E-state index contributed by atoms with van der Waals surface area (Å²) in [5.41, 5.74) is 3.18. The molecule has 0 radical (unpaired) electrons. The molecule has 5 nitrogen and oxygen atoms in total. The third kappa shape index (κ3) is 2.99. The molecule has 1 N–H and O–H groups in total. The lowest BCUT2D eigenvalue weighted by Gasteiger charge is -2.15. The molecule has 1 aromatic carbocycles. The van der Waals surface area contributed by atoms with Crippen LogP contribution in [0.25, 0.3) is 11.0 Å². The molecule has 0 atom stereocenters. The fourth-order valence-electron chi connectivity index (χ4n) is 2.46. The maximum absolute atomic E-state index is 12.4. The Bertz CT molecular complexity index is 848. The summed E-state index contributed by atoms with van der Waals surface area (Å²) >= 11 is 0. The number of hydrogen-bond donors (Lipinski definition) is 1. The van der Waals surface area contributed by atoms with Crippen LogP contribution in [0.1, 0.15) is 23.0 Å². The molecule has 0 bridgehead atoms. The van der Waals surface area contributed by atoms with E-state index in [1.807, 2.05) is 42.5 Å². The van der Waals surface area contributed by atoms with Crippen molar-refractivity contribution >= 4 is 28.4 Å². The first kappa shape index (κ1) is 15.0. The van der Waals surface area contributed by atoms with Crippen molar-refractivity contribution in [1.82, 2.24) is 9.97 Å². The Kier molecular flexibility index (Phi) is 4.19. The molecule has 0 amide bonds. The van der Waals surface area contributed by atoms with E-state index in [9.17, 15) is 4.79 Å². The average Bonchev–Trinajstić information content (AvgIpc) is 2.56. The summed E-state index contributed by atoms with van der Waals surface area (Å²) in [6.45, 7) is 3.89. The van der Waals surface area contributed by atoms with Gasteiger partial charge in [-0.25, -0.2) is 14.8 Å². The van der Waals surface area contributed by atoms with Crippen LogP contribution in [-0.4, -0.2) is 22.5 Å². The zero-order valence-corrected chi connectivity index (χ0v) is 13.0. The van der Waals surface area contributed by atoms with E-state index < -0.39 is 0 Å². The highest BCUT2D eigenvalue weighted by Crippen LogP contribution is 2.30. The van der Waals surface area contributed by atoms with Crippen LogP contribution in [-0.2, 0) is 4.74 Å². The van der Waals surface area contributed by atoms with Crippen molar-refractivity contribution in [2.45, 2.75) is 13.8 Å². The number of para-hydroxylation sites is 1. The molecule has 2 aromatic heterocycles. The van der Waals surface area contributed by atoms with Crippen molar-refractivity contribution in [3.8, 4) is 0 Å². The van der Waals surface area contributed by atoms with Gasteiger partial charge >= 0.3 is 5.97 Å². The van der Waals surface area contributed by atoms with Gasteiger partial charge in [0.2, 0.25) is 0 Å². The van der Waals surface area contributed by atoms with E-state index in [1.54, 1.807) is 20.0 Å². The van der Waals surface area contributed by atoms with Gasteiger partial charge in [0.25, 0.3) is 0 Å². The van der Waals surface area contributed by atoms with E-state index >= 15 is 0 Å². The van der Waals surface area contributed by atoms with Crippen LogP contribution in [0.2, 0.25) is 0 Å². The third-order valence-electron chi connectivity index (χ3n) is 3.46. The molecule has 23 heavy (non-hydrogen) atoms. The van der Waals surface area contributed by atoms with Crippen LogP contribution in [0.5, 0.6) is 0 Å². The van der Waals surface area contributed by atoms with Gasteiger partial charge in [0.15, 0.2) is 5.65 Å². The summed E-state index contributed by atoms with van der Waals surface area (Å²) in [6, 6.07) is 13.4. The van der Waals surface area contributed by atoms with Gasteiger partial charge in [-0.15, -0.1) is 0 Å². The molecule has 0 spiro atoms. The Balaban J connectivity index is 2.21. The quantitative estimate of drug-likeness (QED) is 0.741. The van der Waals surface area contributed by atoms with Gasteiger partial charge in [0.1, 0.15) is 5.56 Å². The van der Waals surface area contributed by atoms with E-state index in [0.29, 0.717) is 29.2 Å². The number of ether oxygens (including phenoxy) is 1. The maximum Gasteiger partial charge on any atom is 0.342 e. The molecule has 116 valence electrons. The number of aromatic nitrogens is 2. The largest absolute Gasteiger partial charge is 0.462 e. The number of benzene rings is 1. The number of rotatable bonds is 4. The smallest absolute Gasteiger partial charge is 0.342 e. The van der Waals surface area contributed by atoms with E-state index in [0.717, 1.165) is 11.1 Å². The van der Waals surface area contributed by atoms with Crippen molar-refractivity contribution in [2.24, 2.45) is 0 Å². The Morgan fingerprint density at radius 3 is 2.70 bits per heavy atom. The summed E-state index contributed by atoms with van der Waals surface area (Å²) in [5, 5.41) is 4.10. The summed E-state index contributed by atoms with van der Waals surface area (Å²) in [5.74, 6) is -0.387. The molecular weight excluding hydrogens is 290 g/mol. The van der Waals surface area contributed by atoms with Crippen LogP contribution in [0.4, 0.5) is 11.4 Å². The fourth-order valence-corrected chi connectivity index (χ4v) is 2.46. The number of aryl methyl sites for hydroxylation is 1. The molecule has 3 rings (SSSR count). The number of nitrogens with one attached hydrogen (secondary N) is 1. The number of fused-ring (bicyclic) bond motifs is 1. The van der Waals surface area contributed by atoms with Gasteiger partial charge < -0.3 is 10.1 Å². The second kappa shape index (κ2) is 6.44. The predicted octanol–water partition coefficient (Wildman–Crippen LogP) is 3.86. The topological polar surface area (TPSA) is 64.1 Å². The molecule has 5 heteroatoms. The van der Waals surface area contributed by atoms with E-state index in [-0.39, 0.29) is 5.97 Å². The van der Waals surface area contributed by atoms with Gasteiger partial charge in [-0.2, -0.15) is 0 Å². The minimum atomic E-state index is -0.387. The number of pyridine rings is 2. The number of hydrogen-bond acceptors (Lipinski definition) is 5. The van der Waals surface area contributed by atoms with Gasteiger partial charge in [0.05, 0.1) is 18.0 Å². The van der Waals surface area contributed by atoms with Crippen molar-refractivity contribution in [3.63, 3.8) is 0 Å². The maximum atomic E-state index is 12.4. The summed E-state index contributed by atoms with van der Waals surface area (Å²) in [7, 11) is 0. The Morgan fingerprint density at radius 1 is 1.17 bits per heavy atom. The standard InChI is InChI=1S/C18H17N3O2/c1-3-23-18(22)15-12(2)20-17-14(10-7-11-19-17)16(15)21-13-8-5-4-6-9-13/h4-11H,3H2,1-2H3,(H,19,20,21). The molecule has 0 aliphatic carbocycles.